The molecule has 162 valence electrons. The van der Waals surface area contributed by atoms with Gasteiger partial charge in [-0.3, -0.25) is 19.2 Å². The van der Waals surface area contributed by atoms with Crippen molar-refractivity contribution in [2.45, 2.75) is 32.0 Å². The van der Waals surface area contributed by atoms with Crippen LogP contribution in [0.2, 0.25) is 0 Å². The number of nitrogens with zero attached hydrogens (tertiary/aromatic N) is 2. The number of carboxylic acids is 2. The van der Waals surface area contributed by atoms with Gasteiger partial charge in [-0.15, -0.1) is 0 Å². The molecule has 29 heavy (non-hydrogen) atoms. The molecular weight excluding hydrogens is 380 g/mol. The van der Waals surface area contributed by atoms with Gasteiger partial charge in [0.05, 0.1) is 24.0 Å². The maximum atomic E-state index is 11.8. The molecule has 2 amide bonds. The van der Waals surface area contributed by atoms with Crippen molar-refractivity contribution in [1.82, 2.24) is 9.80 Å². The van der Waals surface area contributed by atoms with Gasteiger partial charge in [0.15, 0.2) is 0 Å². The van der Waals surface area contributed by atoms with Gasteiger partial charge in [-0.2, -0.15) is 0 Å². The van der Waals surface area contributed by atoms with Crippen LogP contribution >= 0.6 is 0 Å². The smallest absolute Gasteiger partial charge is 0.307 e. The lowest BCUT2D eigenvalue weighted by Crippen LogP contribution is -2.47. The largest absolute Gasteiger partial charge is 0.481 e. The summed E-state index contributed by atoms with van der Waals surface area (Å²) in [6.07, 6.45) is 1.64. The second kappa shape index (κ2) is 10.8. The fraction of sp³-hybridized carbons (Fsp3) is 0.600. The van der Waals surface area contributed by atoms with Gasteiger partial charge < -0.3 is 24.7 Å². The molecule has 4 unspecified atom stereocenters. The van der Waals surface area contributed by atoms with Crippen LogP contribution in [0.15, 0.2) is 25.3 Å². The molecule has 1 aliphatic rings. The van der Waals surface area contributed by atoms with Gasteiger partial charge >= 0.3 is 11.9 Å². The molecule has 0 heterocycles. The highest BCUT2D eigenvalue weighted by molar-refractivity contribution is 5.87. The molecule has 0 bridgehead atoms. The fourth-order valence-corrected chi connectivity index (χ4v) is 3.78. The maximum absolute atomic E-state index is 11.8. The third kappa shape index (κ3) is 6.70. The standard InChI is InChI=1S/C20H30N2O7/c1-6-16(23)21(4)10-14(11-22(5)17(24)7-2)29-13-8-12(3)18(20(27)28)15(9-13)19(25)26/h6-7,12-15,18H,1-2,8-11H2,3-5H3,(H,25,26)(H,27,28). The highest BCUT2D eigenvalue weighted by Crippen LogP contribution is 2.37. The molecule has 0 spiro atoms. The van der Waals surface area contributed by atoms with Crippen LogP contribution in [-0.4, -0.2) is 83.2 Å². The minimum Gasteiger partial charge on any atom is -0.481 e. The van der Waals surface area contributed by atoms with Crippen molar-refractivity contribution in [3.05, 3.63) is 25.3 Å². The average Bonchev–Trinajstić information content (AvgIpc) is 2.65. The average molecular weight is 410 g/mol. The Bertz CT molecular complexity index is 635. The summed E-state index contributed by atoms with van der Waals surface area (Å²) in [5.74, 6) is -5.39. The molecule has 9 nitrogen and oxygen atoms in total. The normalized spacial score (nSPS) is 23.9. The molecule has 0 aromatic carbocycles. The SMILES string of the molecule is C=CC(=O)N(C)CC(CN(C)C(=O)C=C)OC1CC(C)C(C(=O)O)C(C(=O)O)C1. The minimum atomic E-state index is -1.17. The van der Waals surface area contributed by atoms with E-state index in [-0.39, 0.29) is 31.3 Å². The topological polar surface area (TPSA) is 124 Å². The summed E-state index contributed by atoms with van der Waals surface area (Å²) in [5, 5.41) is 18.9. The van der Waals surface area contributed by atoms with Gasteiger partial charge in [0.1, 0.15) is 0 Å². The number of carbonyl (C=O) groups is 4. The number of carboxylic acid groups (broad SMARTS) is 2. The molecule has 0 aromatic heterocycles. The third-order valence-electron chi connectivity index (χ3n) is 5.24. The Balaban J connectivity index is 2.98. The summed E-state index contributed by atoms with van der Waals surface area (Å²) in [7, 11) is 3.14. The van der Waals surface area contributed by atoms with E-state index in [1.165, 1.54) is 9.80 Å². The molecule has 1 fully saturated rings. The monoisotopic (exact) mass is 410 g/mol. The van der Waals surface area contributed by atoms with E-state index < -0.39 is 41.9 Å². The number of likely N-dealkylation sites (N-methyl/N-ethyl adjacent to an activating group) is 2. The van der Waals surface area contributed by atoms with E-state index in [0.717, 1.165) is 12.2 Å². The molecular formula is C20H30N2O7. The van der Waals surface area contributed by atoms with Gasteiger partial charge in [-0.1, -0.05) is 20.1 Å². The van der Waals surface area contributed by atoms with Gasteiger partial charge in [-0.05, 0) is 30.9 Å². The van der Waals surface area contributed by atoms with E-state index in [4.69, 9.17) is 4.74 Å². The first kappa shape index (κ1) is 24.4. The van der Waals surface area contributed by atoms with Crippen LogP contribution in [0.4, 0.5) is 0 Å². The molecule has 1 aliphatic carbocycles. The second-order valence-electron chi connectivity index (χ2n) is 7.48. The van der Waals surface area contributed by atoms with Crippen molar-refractivity contribution >= 4 is 23.8 Å². The Morgan fingerprint density at radius 3 is 1.86 bits per heavy atom. The second-order valence-corrected chi connectivity index (χ2v) is 7.48. The Morgan fingerprint density at radius 1 is 1.00 bits per heavy atom. The number of aliphatic carboxylic acids is 2. The Hall–Kier alpha value is -2.68. The number of carbonyl (C=O) groups excluding carboxylic acids is 2. The predicted molar refractivity (Wildman–Crippen MR) is 105 cm³/mol. The zero-order valence-electron chi connectivity index (χ0n) is 17.1. The Labute approximate surface area is 170 Å². The van der Waals surface area contributed by atoms with Gasteiger partial charge in [-0.25, -0.2) is 0 Å². The first-order valence-corrected chi connectivity index (χ1v) is 9.37. The summed E-state index contributed by atoms with van der Waals surface area (Å²) in [6, 6.07) is 0. The summed E-state index contributed by atoms with van der Waals surface area (Å²) < 4.78 is 6.09. The van der Waals surface area contributed by atoms with Crippen molar-refractivity contribution in [3.63, 3.8) is 0 Å². The molecule has 4 atom stereocenters. The first-order valence-electron chi connectivity index (χ1n) is 9.37. The van der Waals surface area contributed by atoms with Crippen molar-refractivity contribution in [1.29, 1.82) is 0 Å². The van der Waals surface area contributed by atoms with Crippen molar-refractivity contribution in [2.75, 3.05) is 27.2 Å². The third-order valence-corrected chi connectivity index (χ3v) is 5.24. The molecule has 2 N–H and O–H groups in total. The minimum absolute atomic E-state index is 0.0470. The van der Waals surface area contributed by atoms with Crippen molar-refractivity contribution in [3.8, 4) is 0 Å². The summed E-state index contributed by atoms with van der Waals surface area (Å²) in [6.45, 7) is 8.89. The first-order chi connectivity index (χ1) is 13.5. The van der Waals surface area contributed by atoms with E-state index in [0.29, 0.717) is 6.42 Å². The highest BCUT2D eigenvalue weighted by Gasteiger charge is 2.44. The molecule has 1 saturated carbocycles. The maximum Gasteiger partial charge on any atom is 0.307 e. The zero-order valence-corrected chi connectivity index (χ0v) is 17.1. The van der Waals surface area contributed by atoms with Gasteiger partial charge in [0, 0.05) is 27.2 Å². The summed E-state index contributed by atoms with van der Waals surface area (Å²) in [4.78, 5) is 49.6. The van der Waals surface area contributed by atoms with Crippen LogP contribution in [0.25, 0.3) is 0 Å². The zero-order chi connectivity index (χ0) is 22.3. The van der Waals surface area contributed by atoms with E-state index >= 15 is 0 Å². The summed E-state index contributed by atoms with van der Waals surface area (Å²) in [5.41, 5.74) is 0. The lowest BCUT2D eigenvalue weighted by atomic mass is 9.71. The van der Waals surface area contributed by atoms with Crippen LogP contribution in [0.3, 0.4) is 0 Å². The molecule has 0 radical (unpaired) electrons. The number of ether oxygens (including phenoxy) is 1. The number of hydrogen-bond donors (Lipinski definition) is 2. The molecule has 0 aromatic rings. The van der Waals surface area contributed by atoms with Gasteiger partial charge in [0.25, 0.3) is 0 Å². The van der Waals surface area contributed by atoms with Crippen LogP contribution in [-0.2, 0) is 23.9 Å². The van der Waals surface area contributed by atoms with Crippen LogP contribution < -0.4 is 0 Å². The lowest BCUT2D eigenvalue weighted by Gasteiger charge is -2.38. The quantitative estimate of drug-likeness (QED) is 0.512. The summed E-state index contributed by atoms with van der Waals surface area (Å²) >= 11 is 0. The van der Waals surface area contributed by atoms with E-state index in [2.05, 4.69) is 13.2 Å². The predicted octanol–water partition coefficient (Wildman–Crippen LogP) is 0.861. The van der Waals surface area contributed by atoms with Crippen molar-refractivity contribution < 1.29 is 34.1 Å². The van der Waals surface area contributed by atoms with Gasteiger partial charge in [0.2, 0.25) is 11.8 Å². The number of rotatable bonds is 10. The van der Waals surface area contributed by atoms with E-state index in [1.54, 1.807) is 21.0 Å². The Kier molecular flexibility index (Phi) is 9.03. The lowest BCUT2D eigenvalue weighted by molar-refractivity contribution is -0.164. The fourth-order valence-electron chi connectivity index (χ4n) is 3.78. The van der Waals surface area contributed by atoms with E-state index in [1.807, 2.05) is 0 Å². The Morgan fingerprint density at radius 2 is 1.48 bits per heavy atom. The number of hydrogen-bond acceptors (Lipinski definition) is 5. The van der Waals surface area contributed by atoms with Crippen molar-refractivity contribution in [2.24, 2.45) is 17.8 Å². The van der Waals surface area contributed by atoms with E-state index in [9.17, 15) is 29.4 Å². The van der Waals surface area contributed by atoms with Crippen LogP contribution in [0.5, 0.6) is 0 Å². The number of amides is 2. The molecule has 0 aliphatic heterocycles. The highest BCUT2D eigenvalue weighted by atomic mass is 16.5. The molecule has 0 saturated heterocycles. The molecule has 1 rings (SSSR count). The molecule has 9 heteroatoms. The van der Waals surface area contributed by atoms with Crippen LogP contribution in [0.1, 0.15) is 19.8 Å². The van der Waals surface area contributed by atoms with Crippen LogP contribution in [0, 0.1) is 17.8 Å².